The van der Waals surface area contributed by atoms with E-state index in [0.29, 0.717) is 6.61 Å². The van der Waals surface area contributed by atoms with Gasteiger partial charge in [0.05, 0.1) is 13.7 Å². The van der Waals surface area contributed by atoms with Gasteiger partial charge in [-0.3, -0.25) is 0 Å². The van der Waals surface area contributed by atoms with E-state index in [-0.39, 0.29) is 12.1 Å². The number of carbonyl (C=O) groups excluding carboxylic acids is 1. The summed E-state index contributed by atoms with van der Waals surface area (Å²) in [6.45, 7) is 2.60. The molecule has 2 unspecified atom stereocenters. The van der Waals surface area contributed by atoms with E-state index in [1.165, 1.54) is 0 Å². The van der Waals surface area contributed by atoms with Crippen LogP contribution in [0, 0.1) is 0 Å². The summed E-state index contributed by atoms with van der Waals surface area (Å²) in [5.41, 5.74) is 0.734. The summed E-state index contributed by atoms with van der Waals surface area (Å²) in [7, 11) is 1.63. The van der Waals surface area contributed by atoms with Gasteiger partial charge in [0, 0.05) is 0 Å². The minimum Gasteiger partial charge on any atom is -0.497 e. The maximum absolute atomic E-state index is 12.9. The number of ether oxygens (including phenoxy) is 3. The molecule has 3 rings (SSSR count). The van der Waals surface area contributed by atoms with E-state index in [0.717, 1.165) is 42.6 Å². The molecule has 1 fully saturated rings. The van der Waals surface area contributed by atoms with Crippen molar-refractivity contribution in [3.8, 4) is 5.75 Å². The van der Waals surface area contributed by atoms with E-state index in [1.54, 1.807) is 7.11 Å². The lowest BCUT2D eigenvalue weighted by molar-refractivity contribution is -0.150. The summed E-state index contributed by atoms with van der Waals surface area (Å²) >= 11 is 0. The second-order valence-electron chi connectivity index (χ2n) is 6.57. The molecule has 1 aliphatic heterocycles. The quantitative estimate of drug-likeness (QED) is 0.369. The zero-order valence-corrected chi connectivity index (χ0v) is 15.4. The first-order valence-electron chi connectivity index (χ1n) is 9.27. The highest BCUT2D eigenvalue weighted by Crippen LogP contribution is 2.57. The van der Waals surface area contributed by atoms with Gasteiger partial charge in [0.15, 0.2) is 0 Å². The van der Waals surface area contributed by atoms with Crippen LogP contribution < -0.4 is 4.74 Å². The maximum Gasteiger partial charge on any atom is 0.346 e. The van der Waals surface area contributed by atoms with Gasteiger partial charge in [-0.1, -0.05) is 68.7 Å². The lowest BCUT2D eigenvalue weighted by Crippen LogP contribution is -2.26. The molecule has 0 aliphatic carbocycles. The Morgan fingerprint density at radius 1 is 1.04 bits per heavy atom. The second kappa shape index (κ2) is 8.37. The number of benzene rings is 2. The van der Waals surface area contributed by atoms with Crippen molar-refractivity contribution in [2.45, 2.75) is 44.3 Å². The molecule has 0 saturated carbocycles. The molecular formula is C22H26O4. The Balaban J connectivity index is 1.75. The molecule has 0 bridgehead atoms. The third-order valence-corrected chi connectivity index (χ3v) is 4.77. The van der Waals surface area contributed by atoms with Gasteiger partial charge in [0.1, 0.15) is 11.9 Å². The van der Waals surface area contributed by atoms with Gasteiger partial charge in [-0.2, -0.15) is 0 Å². The minimum absolute atomic E-state index is 0.305. The van der Waals surface area contributed by atoms with Crippen LogP contribution in [0.2, 0.25) is 0 Å². The van der Waals surface area contributed by atoms with E-state index in [1.807, 2.05) is 54.6 Å². The molecule has 138 valence electrons. The largest absolute Gasteiger partial charge is 0.497 e. The summed E-state index contributed by atoms with van der Waals surface area (Å²) in [4.78, 5) is 12.9. The summed E-state index contributed by atoms with van der Waals surface area (Å²) in [6.07, 6.45) is 3.94. The Kier molecular flexibility index (Phi) is 5.94. The molecule has 0 aromatic heterocycles. The van der Waals surface area contributed by atoms with E-state index < -0.39 is 5.60 Å². The molecule has 26 heavy (non-hydrogen) atoms. The first kappa shape index (κ1) is 18.5. The number of esters is 1. The Morgan fingerprint density at radius 2 is 1.77 bits per heavy atom. The lowest BCUT2D eigenvalue weighted by atomic mass is 9.91. The van der Waals surface area contributed by atoms with Crippen LogP contribution in [0.4, 0.5) is 0 Å². The Hall–Kier alpha value is -2.33. The summed E-state index contributed by atoms with van der Waals surface area (Å²) in [6, 6.07) is 17.2. The second-order valence-corrected chi connectivity index (χ2v) is 6.57. The van der Waals surface area contributed by atoms with Gasteiger partial charge < -0.3 is 14.2 Å². The van der Waals surface area contributed by atoms with Crippen molar-refractivity contribution < 1.29 is 19.0 Å². The van der Waals surface area contributed by atoms with Crippen LogP contribution >= 0.6 is 0 Å². The smallest absolute Gasteiger partial charge is 0.346 e. The normalized spacial score (nSPS) is 21.2. The van der Waals surface area contributed by atoms with E-state index in [9.17, 15) is 4.79 Å². The van der Waals surface area contributed by atoms with Crippen molar-refractivity contribution in [1.29, 1.82) is 0 Å². The van der Waals surface area contributed by atoms with Crippen LogP contribution in [0.25, 0.3) is 0 Å². The third-order valence-electron chi connectivity index (χ3n) is 4.77. The number of hydrogen-bond acceptors (Lipinski definition) is 4. The van der Waals surface area contributed by atoms with Crippen molar-refractivity contribution in [3.63, 3.8) is 0 Å². The van der Waals surface area contributed by atoms with Crippen LogP contribution in [0.1, 0.15) is 49.8 Å². The van der Waals surface area contributed by atoms with Gasteiger partial charge in [-0.25, -0.2) is 4.79 Å². The fourth-order valence-electron chi connectivity index (χ4n) is 3.21. The number of methoxy groups -OCH3 is 1. The summed E-state index contributed by atoms with van der Waals surface area (Å²) in [5, 5.41) is 0. The fraction of sp³-hybridized carbons (Fsp3) is 0.409. The van der Waals surface area contributed by atoms with Crippen molar-refractivity contribution in [1.82, 2.24) is 0 Å². The van der Waals surface area contributed by atoms with E-state index >= 15 is 0 Å². The summed E-state index contributed by atoms with van der Waals surface area (Å²) in [5.74, 6) is 0.472. The van der Waals surface area contributed by atoms with Crippen LogP contribution in [-0.2, 0) is 19.9 Å². The minimum atomic E-state index is -1.04. The molecule has 0 radical (unpaired) electrons. The average molecular weight is 354 g/mol. The van der Waals surface area contributed by atoms with E-state index in [4.69, 9.17) is 14.2 Å². The van der Waals surface area contributed by atoms with Crippen molar-refractivity contribution in [2.75, 3.05) is 13.7 Å². The number of unbranched alkanes of at least 4 members (excludes halogenated alkanes) is 3. The molecule has 4 heteroatoms. The summed E-state index contributed by atoms with van der Waals surface area (Å²) < 4.78 is 16.8. The lowest BCUT2D eigenvalue weighted by Gasteiger charge is -2.13. The Bertz CT molecular complexity index is 711. The number of rotatable bonds is 9. The third kappa shape index (κ3) is 3.75. The molecule has 0 spiro atoms. The van der Waals surface area contributed by atoms with Gasteiger partial charge in [0.2, 0.25) is 5.60 Å². The highest BCUT2D eigenvalue weighted by atomic mass is 16.7. The Morgan fingerprint density at radius 3 is 2.42 bits per heavy atom. The molecule has 2 aromatic rings. The topological polar surface area (TPSA) is 48.1 Å². The number of carbonyl (C=O) groups is 1. The monoisotopic (exact) mass is 354 g/mol. The standard InChI is InChI=1S/C22H26O4/c1-3-4-5-9-16-25-21(23)22(18-10-7-6-8-11-18)20(26-22)17-12-14-19(24-2)15-13-17/h6-8,10-15,20H,3-5,9,16H2,1-2H3. The molecule has 0 amide bonds. The molecule has 1 heterocycles. The van der Waals surface area contributed by atoms with Crippen molar-refractivity contribution >= 4 is 5.97 Å². The van der Waals surface area contributed by atoms with Crippen LogP contribution in [0.3, 0.4) is 0 Å². The van der Waals surface area contributed by atoms with Crippen LogP contribution in [0.15, 0.2) is 54.6 Å². The molecule has 1 saturated heterocycles. The van der Waals surface area contributed by atoms with E-state index in [2.05, 4.69) is 6.92 Å². The van der Waals surface area contributed by atoms with Gasteiger partial charge >= 0.3 is 5.97 Å². The number of epoxide rings is 1. The van der Waals surface area contributed by atoms with Crippen molar-refractivity contribution in [3.05, 3.63) is 65.7 Å². The van der Waals surface area contributed by atoms with Gasteiger partial charge in [-0.05, 0) is 29.7 Å². The van der Waals surface area contributed by atoms with Gasteiger partial charge in [0.25, 0.3) is 0 Å². The molecule has 2 aromatic carbocycles. The number of hydrogen-bond donors (Lipinski definition) is 0. The first-order valence-corrected chi connectivity index (χ1v) is 9.27. The average Bonchev–Trinajstić information content (AvgIpc) is 3.45. The molecule has 4 nitrogen and oxygen atoms in total. The molecule has 0 N–H and O–H groups in total. The Labute approximate surface area is 155 Å². The van der Waals surface area contributed by atoms with Gasteiger partial charge in [-0.15, -0.1) is 0 Å². The molecule has 2 atom stereocenters. The highest BCUT2D eigenvalue weighted by molar-refractivity contribution is 5.85. The molecular weight excluding hydrogens is 328 g/mol. The highest BCUT2D eigenvalue weighted by Gasteiger charge is 2.65. The fourth-order valence-corrected chi connectivity index (χ4v) is 3.21. The van der Waals surface area contributed by atoms with Crippen LogP contribution in [-0.4, -0.2) is 19.7 Å². The van der Waals surface area contributed by atoms with Crippen LogP contribution in [0.5, 0.6) is 5.75 Å². The zero-order chi connectivity index (χ0) is 18.4. The zero-order valence-electron chi connectivity index (χ0n) is 15.4. The maximum atomic E-state index is 12.9. The first-order chi connectivity index (χ1) is 12.7. The predicted octanol–water partition coefficient (Wildman–Crippen LogP) is 4.79. The van der Waals surface area contributed by atoms with Crippen molar-refractivity contribution in [2.24, 2.45) is 0 Å². The predicted molar refractivity (Wildman–Crippen MR) is 100 cm³/mol. The SMILES string of the molecule is CCCCCCOC(=O)C1(c2ccccc2)OC1c1ccc(OC)cc1. The molecule has 1 aliphatic rings.